The lowest BCUT2D eigenvalue weighted by Gasteiger charge is -2.13. The lowest BCUT2D eigenvalue weighted by Crippen LogP contribution is -2.25. The van der Waals surface area contributed by atoms with Gasteiger partial charge in [0.25, 0.3) is 5.91 Å². The normalized spacial score (nSPS) is 13.6. The van der Waals surface area contributed by atoms with Gasteiger partial charge in [0.1, 0.15) is 11.5 Å². The van der Waals surface area contributed by atoms with Crippen molar-refractivity contribution in [3.8, 4) is 45.1 Å². The first-order chi connectivity index (χ1) is 18.4. The molecular weight excluding hydrogens is 478 g/mol. The van der Waals surface area contributed by atoms with E-state index < -0.39 is 0 Å². The topological polar surface area (TPSA) is 108 Å². The first kappa shape index (κ1) is 25.5. The molecule has 0 radical (unpaired) electrons. The first-order valence-electron chi connectivity index (χ1n) is 13.2. The molecule has 1 fully saturated rings. The Morgan fingerprint density at radius 1 is 0.947 bits per heavy atom. The maximum atomic E-state index is 12.9. The molecule has 196 valence electrons. The number of carbonyl (C=O) groups is 1. The molecule has 1 saturated carbocycles. The summed E-state index contributed by atoms with van der Waals surface area (Å²) in [5.74, 6) is -0.328. The Bertz CT molecular complexity index is 1420. The van der Waals surface area contributed by atoms with Crippen LogP contribution in [0.5, 0.6) is 11.5 Å². The predicted molar refractivity (Wildman–Crippen MR) is 148 cm³/mol. The molecule has 0 atom stereocenters. The third kappa shape index (κ3) is 5.29. The Morgan fingerprint density at radius 3 is 2.29 bits per heavy atom. The highest BCUT2D eigenvalue weighted by atomic mass is 16.5. The lowest BCUT2D eigenvalue weighted by atomic mass is 9.94. The number of carbonyl (C=O) groups excluding carboxylic acids is 1. The lowest BCUT2D eigenvalue weighted by molar-refractivity contribution is 0.0947. The second kappa shape index (κ2) is 11.1. The van der Waals surface area contributed by atoms with Crippen LogP contribution >= 0.6 is 0 Å². The standard InChI is InChI=1S/C31H33N3O4/c1-3-32-31(37)29-28(22-14-10-20(11-15-22)18-33-23-6-4-5-7-23)30(38-34-29)25-16-24(26(35)17-27(25)36)21-12-8-19(2)9-13-21/h8-17,23,33,35-36H,3-7,18H2,1-2H3,(H,32,37). The summed E-state index contributed by atoms with van der Waals surface area (Å²) in [6, 6.07) is 19.2. The molecule has 5 rings (SSSR count). The van der Waals surface area contributed by atoms with Crippen molar-refractivity contribution in [2.45, 2.75) is 52.1 Å². The summed E-state index contributed by atoms with van der Waals surface area (Å²) in [4.78, 5) is 12.9. The number of aromatic hydroxyl groups is 2. The van der Waals surface area contributed by atoms with Gasteiger partial charge in [-0.05, 0) is 49.4 Å². The zero-order valence-electron chi connectivity index (χ0n) is 21.8. The predicted octanol–water partition coefficient (Wildman–Crippen LogP) is 6.18. The molecular formula is C31H33N3O4. The number of nitrogens with zero attached hydrogens (tertiary/aromatic N) is 1. The summed E-state index contributed by atoms with van der Waals surface area (Å²) in [7, 11) is 0. The fourth-order valence-electron chi connectivity index (χ4n) is 5.05. The van der Waals surface area contributed by atoms with Gasteiger partial charge in [0.2, 0.25) is 0 Å². The molecule has 1 amide bonds. The van der Waals surface area contributed by atoms with Gasteiger partial charge < -0.3 is 25.4 Å². The molecule has 7 nitrogen and oxygen atoms in total. The maximum absolute atomic E-state index is 12.9. The van der Waals surface area contributed by atoms with Gasteiger partial charge in [0, 0.05) is 30.8 Å². The smallest absolute Gasteiger partial charge is 0.274 e. The van der Waals surface area contributed by atoms with E-state index in [4.69, 9.17) is 4.52 Å². The van der Waals surface area contributed by atoms with Crippen molar-refractivity contribution in [2.75, 3.05) is 6.54 Å². The van der Waals surface area contributed by atoms with Gasteiger partial charge in [-0.25, -0.2) is 0 Å². The number of aryl methyl sites for hydroxylation is 1. The molecule has 0 unspecified atom stereocenters. The Morgan fingerprint density at radius 2 is 1.61 bits per heavy atom. The summed E-state index contributed by atoms with van der Waals surface area (Å²) in [6.07, 6.45) is 5.01. The third-order valence-corrected chi connectivity index (χ3v) is 7.16. The molecule has 38 heavy (non-hydrogen) atoms. The highest BCUT2D eigenvalue weighted by Gasteiger charge is 2.27. The number of hydrogen-bond acceptors (Lipinski definition) is 6. The fourth-order valence-corrected chi connectivity index (χ4v) is 5.05. The zero-order chi connectivity index (χ0) is 26.6. The third-order valence-electron chi connectivity index (χ3n) is 7.16. The van der Waals surface area contributed by atoms with E-state index in [1.165, 1.54) is 31.7 Å². The fraction of sp³-hybridized carbons (Fsp3) is 0.290. The summed E-state index contributed by atoms with van der Waals surface area (Å²) in [5, 5.41) is 32.0. The Balaban J connectivity index is 1.55. The van der Waals surface area contributed by atoms with E-state index in [2.05, 4.69) is 15.8 Å². The van der Waals surface area contributed by atoms with Crippen LogP contribution in [0, 0.1) is 6.92 Å². The molecule has 4 N–H and O–H groups in total. The number of phenolic OH excluding ortho intramolecular Hbond substituents is 2. The minimum absolute atomic E-state index is 0.0563. The summed E-state index contributed by atoms with van der Waals surface area (Å²) in [5.41, 5.74) is 5.28. The average molecular weight is 512 g/mol. The van der Waals surface area contributed by atoms with Crippen LogP contribution in [0.4, 0.5) is 0 Å². The van der Waals surface area contributed by atoms with Crippen molar-refractivity contribution < 1.29 is 19.5 Å². The van der Waals surface area contributed by atoms with Crippen molar-refractivity contribution in [1.29, 1.82) is 0 Å². The van der Waals surface area contributed by atoms with Crippen LogP contribution in [-0.2, 0) is 6.54 Å². The van der Waals surface area contributed by atoms with Crippen molar-refractivity contribution in [3.05, 3.63) is 77.5 Å². The van der Waals surface area contributed by atoms with Crippen LogP contribution in [0.1, 0.15) is 54.2 Å². The highest BCUT2D eigenvalue weighted by Crippen LogP contribution is 2.44. The molecule has 3 aromatic carbocycles. The van der Waals surface area contributed by atoms with E-state index in [0.29, 0.717) is 29.3 Å². The van der Waals surface area contributed by atoms with Crippen LogP contribution in [0.3, 0.4) is 0 Å². The van der Waals surface area contributed by atoms with Gasteiger partial charge in [-0.15, -0.1) is 0 Å². The number of aromatic nitrogens is 1. The van der Waals surface area contributed by atoms with Gasteiger partial charge in [-0.2, -0.15) is 0 Å². The SMILES string of the molecule is CCNC(=O)c1noc(-c2cc(-c3ccc(C)cc3)c(O)cc2O)c1-c1ccc(CNC2CCCC2)cc1. The van der Waals surface area contributed by atoms with Crippen LogP contribution in [-0.4, -0.2) is 33.9 Å². The minimum atomic E-state index is -0.360. The second-order valence-corrected chi connectivity index (χ2v) is 9.91. The van der Waals surface area contributed by atoms with E-state index in [-0.39, 0.29) is 28.9 Å². The number of phenols is 2. The molecule has 1 aliphatic carbocycles. The molecule has 0 bridgehead atoms. The Labute approximate surface area is 222 Å². The van der Waals surface area contributed by atoms with E-state index in [1.807, 2.05) is 62.4 Å². The number of hydrogen-bond donors (Lipinski definition) is 4. The Hall–Kier alpha value is -4.10. The molecule has 7 heteroatoms. The van der Waals surface area contributed by atoms with Crippen LogP contribution in [0.25, 0.3) is 33.6 Å². The van der Waals surface area contributed by atoms with Gasteiger partial charge in [0.15, 0.2) is 11.5 Å². The molecule has 1 heterocycles. The van der Waals surface area contributed by atoms with Crippen LogP contribution in [0.2, 0.25) is 0 Å². The van der Waals surface area contributed by atoms with Gasteiger partial charge >= 0.3 is 0 Å². The molecule has 1 aliphatic rings. The molecule has 0 aliphatic heterocycles. The minimum Gasteiger partial charge on any atom is -0.507 e. The monoisotopic (exact) mass is 511 g/mol. The van der Waals surface area contributed by atoms with Crippen LogP contribution < -0.4 is 10.6 Å². The van der Waals surface area contributed by atoms with Gasteiger partial charge in [-0.1, -0.05) is 72.1 Å². The van der Waals surface area contributed by atoms with E-state index in [9.17, 15) is 15.0 Å². The highest BCUT2D eigenvalue weighted by molar-refractivity contribution is 6.03. The van der Waals surface area contributed by atoms with Gasteiger partial charge in [0.05, 0.1) is 11.1 Å². The van der Waals surface area contributed by atoms with Crippen molar-refractivity contribution in [1.82, 2.24) is 15.8 Å². The Kier molecular flexibility index (Phi) is 7.47. The molecule has 4 aromatic rings. The van der Waals surface area contributed by atoms with Gasteiger partial charge in [-0.3, -0.25) is 4.79 Å². The number of amides is 1. The molecule has 1 aromatic heterocycles. The van der Waals surface area contributed by atoms with E-state index in [1.54, 1.807) is 6.07 Å². The number of nitrogens with one attached hydrogen (secondary N) is 2. The average Bonchev–Trinajstić information content (AvgIpc) is 3.59. The maximum Gasteiger partial charge on any atom is 0.274 e. The number of rotatable bonds is 8. The van der Waals surface area contributed by atoms with Crippen molar-refractivity contribution in [3.63, 3.8) is 0 Å². The van der Waals surface area contributed by atoms with Crippen molar-refractivity contribution in [2.24, 2.45) is 0 Å². The van der Waals surface area contributed by atoms with Crippen molar-refractivity contribution >= 4 is 5.91 Å². The second-order valence-electron chi connectivity index (χ2n) is 9.91. The summed E-state index contributed by atoms with van der Waals surface area (Å²) in [6.45, 7) is 5.05. The van der Waals surface area contributed by atoms with E-state index in [0.717, 1.165) is 28.8 Å². The zero-order valence-corrected chi connectivity index (χ0v) is 21.8. The summed E-state index contributed by atoms with van der Waals surface area (Å²) >= 11 is 0. The molecule has 0 saturated heterocycles. The number of benzene rings is 3. The largest absolute Gasteiger partial charge is 0.507 e. The molecule has 0 spiro atoms. The van der Waals surface area contributed by atoms with Crippen LogP contribution in [0.15, 0.2) is 65.2 Å². The summed E-state index contributed by atoms with van der Waals surface area (Å²) < 4.78 is 5.71. The quantitative estimate of drug-likeness (QED) is 0.225. The first-order valence-corrected chi connectivity index (χ1v) is 13.2. The van der Waals surface area contributed by atoms with E-state index >= 15 is 0 Å².